The van der Waals surface area contributed by atoms with E-state index in [1.165, 1.54) is 25.7 Å². The van der Waals surface area contributed by atoms with Crippen LogP contribution in [0, 0.1) is 24.2 Å². The Morgan fingerprint density at radius 3 is 2.36 bits per heavy atom. The first-order valence-corrected chi connectivity index (χ1v) is 5.07. The van der Waals surface area contributed by atoms with Crippen molar-refractivity contribution in [1.82, 2.24) is 0 Å². The zero-order chi connectivity index (χ0) is 8.27. The summed E-state index contributed by atoms with van der Waals surface area (Å²) in [6, 6.07) is 0. The Hall–Kier alpha value is -0.130. The van der Waals surface area contributed by atoms with E-state index in [2.05, 4.69) is 27.2 Å². The first-order chi connectivity index (χ1) is 5.24. The summed E-state index contributed by atoms with van der Waals surface area (Å²) in [5.41, 5.74) is 0. The van der Waals surface area contributed by atoms with Gasteiger partial charge < -0.3 is 0 Å². The van der Waals surface area contributed by atoms with Crippen LogP contribution in [0.5, 0.6) is 0 Å². The van der Waals surface area contributed by atoms with Crippen molar-refractivity contribution >= 4 is 0 Å². The van der Waals surface area contributed by atoms with E-state index in [0.717, 1.165) is 17.8 Å². The van der Waals surface area contributed by atoms with Crippen molar-refractivity contribution < 1.29 is 0 Å². The van der Waals surface area contributed by atoms with Crippen LogP contribution in [-0.4, -0.2) is 0 Å². The molecule has 0 radical (unpaired) electrons. The summed E-state index contributed by atoms with van der Waals surface area (Å²) in [5.74, 6) is 2.86. The lowest BCUT2D eigenvalue weighted by molar-refractivity contribution is 0.467. The van der Waals surface area contributed by atoms with Crippen molar-refractivity contribution in [2.24, 2.45) is 17.8 Å². The Bertz CT molecular complexity index is 101. The van der Waals surface area contributed by atoms with Crippen LogP contribution in [0.15, 0.2) is 0 Å². The minimum Gasteiger partial charge on any atom is -0.0610 e. The molecule has 1 rings (SSSR count). The van der Waals surface area contributed by atoms with Crippen molar-refractivity contribution in [3.8, 4) is 0 Å². The molecule has 1 aliphatic carbocycles. The molecule has 1 saturated carbocycles. The molecule has 0 saturated heterocycles. The van der Waals surface area contributed by atoms with E-state index in [1.54, 1.807) is 0 Å². The van der Waals surface area contributed by atoms with Crippen LogP contribution in [0.25, 0.3) is 0 Å². The van der Waals surface area contributed by atoms with Gasteiger partial charge in [0.15, 0.2) is 0 Å². The summed E-state index contributed by atoms with van der Waals surface area (Å²) >= 11 is 0. The zero-order valence-electron chi connectivity index (χ0n) is 8.14. The normalized spacial score (nSPS) is 20.4. The van der Waals surface area contributed by atoms with E-state index in [4.69, 9.17) is 0 Å². The van der Waals surface area contributed by atoms with E-state index < -0.39 is 0 Å². The highest BCUT2D eigenvalue weighted by molar-refractivity contribution is 4.89. The van der Waals surface area contributed by atoms with Gasteiger partial charge in [0.25, 0.3) is 0 Å². The third-order valence-corrected chi connectivity index (χ3v) is 2.61. The van der Waals surface area contributed by atoms with Crippen LogP contribution in [0.1, 0.15) is 46.5 Å². The smallest absolute Gasteiger partial charge is 0.0610 e. The van der Waals surface area contributed by atoms with Gasteiger partial charge in [-0.05, 0) is 25.2 Å². The van der Waals surface area contributed by atoms with Crippen LogP contribution in [0.2, 0.25) is 0 Å². The predicted octanol–water partition coefficient (Wildman–Crippen LogP) is 3.67. The minimum absolute atomic E-state index is 0.850. The van der Waals surface area contributed by atoms with Crippen LogP contribution < -0.4 is 0 Å². The third-order valence-electron chi connectivity index (χ3n) is 2.61. The van der Waals surface area contributed by atoms with Gasteiger partial charge in [0, 0.05) is 5.92 Å². The largest absolute Gasteiger partial charge is 0.100 e. The molecule has 0 N–H and O–H groups in total. The van der Waals surface area contributed by atoms with E-state index in [1.807, 2.05) is 0 Å². The maximum atomic E-state index is 2.56. The second-order valence-corrected chi connectivity index (χ2v) is 4.27. The fraction of sp³-hybridized carbons (Fsp3) is 0.909. The van der Waals surface area contributed by atoms with E-state index in [9.17, 15) is 0 Å². The van der Waals surface area contributed by atoms with Crippen molar-refractivity contribution in [3.05, 3.63) is 6.42 Å². The first-order valence-electron chi connectivity index (χ1n) is 5.07. The van der Waals surface area contributed by atoms with Crippen molar-refractivity contribution in [2.75, 3.05) is 0 Å². The van der Waals surface area contributed by atoms with Crippen molar-refractivity contribution in [3.63, 3.8) is 0 Å². The lowest BCUT2D eigenvalue weighted by Crippen LogP contribution is -2.04. The molecular formula is C11H21+. The van der Waals surface area contributed by atoms with Gasteiger partial charge in [0.05, 0.1) is 12.8 Å². The highest BCUT2D eigenvalue weighted by Gasteiger charge is 2.35. The molecule has 1 unspecified atom stereocenters. The fourth-order valence-electron chi connectivity index (χ4n) is 1.66. The zero-order valence-corrected chi connectivity index (χ0v) is 8.14. The van der Waals surface area contributed by atoms with E-state index in [-0.39, 0.29) is 0 Å². The van der Waals surface area contributed by atoms with Crippen LogP contribution in [0.3, 0.4) is 0 Å². The molecule has 1 aliphatic rings. The molecule has 64 valence electrons. The molecule has 0 nitrogen and oxygen atoms in total. The number of hydrogen-bond acceptors (Lipinski definition) is 0. The lowest BCUT2D eigenvalue weighted by Gasteiger charge is -2.05. The standard InChI is InChI=1S/C11H21/c1-4-10(11-7-8-11)6-5-9(2)3/h6,9-11H,4-5,7-8H2,1-3H3/q+1. The topological polar surface area (TPSA) is 0 Å². The Kier molecular flexibility index (Phi) is 3.29. The Morgan fingerprint density at radius 1 is 1.36 bits per heavy atom. The van der Waals surface area contributed by atoms with Crippen molar-refractivity contribution in [2.45, 2.75) is 46.5 Å². The summed E-state index contributed by atoms with van der Waals surface area (Å²) in [7, 11) is 0. The summed E-state index contributed by atoms with van der Waals surface area (Å²) in [5, 5.41) is 0. The maximum absolute atomic E-state index is 2.56. The van der Waals surface area contributed by atoms with Crippen LogP contribution in [0.4, 0.5) is 0 Å². The molecule has 1 fully saturated rings. The van der Waals surface area contributed by atoms with Gasteiger partial charge in [0.2, 0.25) is 0 Å². The molecule has 0 spiro atoms. The second-order valence-electron chi connectivity index (χ2n) is 4.27. The molecule has 0 heteroatoms. The summed E-state index contributed by atoms with van der Waals surface area (Å²) in [6.07, 6.45) is 8.22. The fourth-order valence-corrected chi connectivity index (χ4v) is 1.66. The molecule has 0 aromatic heterocycles. The highest BCUT2D eigenvalue weighted by Crippen LogP contribution is 2.40. The molecule has 0 heterocycles. The van der Waals surface area contributed by atoms with Gasteiger partial charge in [-0.15, -0.1) is 0 Å². The second kappa shape index (κ2) is 4.04. The monoisotopic (exact) mass is 153 g/mol. The highest BCUT2D eigenvalue weighted by atomic mass is 14.3. The Balaban J connectivity index is 2.10. The molecular weight excluding hydrogens is 132 g/mol. The molecule has 1 atom stereocenters. The molecule has 0 amide bonds. The first kappa shape index (κ1) is 8.96. The SMILES string of the molecule is CCC([CH+]CC(C)C)C1CC1. The van der Waals surface area contributed by atoms with Gasteiger partial charge in [-0.2, -0.15) is 0 Å². The minimum atomic E-state index is 0.850. The Morgan fingerprint density at radius 2 is 2.00 bits per heavy atom. The van der Waals surface area contributed by atoms with E-state index in [0.29, 0.717) is 0 Å². The number of rotatable bonds is 5. The Labute approximate surface area is 71.4 Å². The average Bonchev–Trinajstić information content (AvgIpc) is 2.72. The summed E-state index contributed by atoms with van der Waals surface area (Å²) < 4.78 is 0. The lowest BCUT2D eigenvalue weighted by atomic mass is 9.92. The van der Waals surface area contributed by atoms with Crippen molar-refractivity contribution in [1.29, 1.82) is 0 Å². The molecule has 0 aromatic rings. The molecule has 11 heavy (non-hydrogen) atoms. The average molecular weight is 153 g/mol. The quantitative estimate of drug-likeness (QED) is 0.529. The maximum Gasteiger partial charge on any atom is 0.100 e. The van der Waals surface area contributed by atoms with Crippen LogP contribution >= 0.6 is 0 Å². The van der Waals surface area contributed by atoms with Crippen LogP contribution in [-0.2, 0) is 0 Å². The molecule has 0 aromatic carbocycles. The predicted molar refractivity (Wildman–Crippen MR) is 50.3 cm³/mol. The molecule has 0 aliphatic heterocycles. The summed E-state index contributed by atoms with van der Waals surface area (Å²) in [6.45, 7) is 6.92. The third kappa shape index (κ3) is 3.18. The molecule has 0 bridgehead atoms. The van der Waals surface area contributed by atoms with E-state index >= 15 is 0 Å². The van der Waals surface area contributed by atoms with Gasteiger partial charge in [-0.25, -0.2) is 0 Å². The van der Waals surface area contributed by atoms with Gasteiger partial charge in [0.1, 0.15) is 5.92 Å². The summed E-state index contributed by atoms with van der Waals surface area (Å²) in [4.78, 5) is 0. The van der Waals surface area contributed by atoms with Gasteiger partial charge in [-0.1, -0.05) is 20.8 Å². The number of hydrogen-bond donors (Lipinski definition) is 0. The van der Waals surface area contributed by atoms with Gasteiger partial charge in [-0.3, -0.25) is 0 Å². The van der Waals surface area contributed by atoms with Gasteiger partial charge >= 0.3 is 0 Å².